The fourth-order valence-electron chi connectivity index (χ4n) is 1.42. The van der Waals surface area contributed by atoms with E-state index in [2.05, 4.69) is 26.1 Å². The number of nitrogens with zero attached hydrogens (tertiary/aromatic N) is 1. The van der Waals surface area contributed by atoms with Crippen molar-refractivity contribution in [1.82, 2.24) is 10.2 Å². The van der Waals surface area contributed by atoms with E-state index in [-0.39, 0.29) is 5.91 Å². The molecule has 0 aromatic carbocycles. The molecule has 3 nitrogen and oxygen atoms in total. The van der Waals surface area contributed by atoms with Gasteiger partial charge in [0.25, 0.3) is 0 Å². The van der Waals surface area contributed by atoms with Crippen LogP contribution in [0.4, 0.5) is 0 Å². The molecular weight excluding hydrogens is 176 g/mol. The molecule has 14 heavy (non-hydrogen) atoms. The first-order chi connectivity index (χ1) is 6.63. The van der Waals surface area contributed by atoms with Gasteiger partial charge in [0.05, 0.1) is 6.54 Å². The van der Waals surface area contributed by atoms with E-state index in [1.54, 1.807) is 0 Å². The van der Waals surface area contributed by atoms with Crippen molar-refractivity contribution in [2.24, 2.45) is 5.92 Å². The number of carbonyl (C=O) groups is 1. The molecule has 1 saturated carbocycles. The Morgan fingerprint density at radius 2 is 2.14 bits per heavy atom. The summed E-state index contributed by atoms with van der Waals surface area (Å²) in [6.07, 6.45) is 2.61. The Kier molecular flexibility index (Phi) is 4.39. The van der Waals surface area contributed by atoms with Crippen molar-refractivity contribution in [3.63, 3.8) is 0 Å². The quantitative estimate of drug-likeness (QED) is 0.696. The van der Waals surface area contributed by atoms with Crippen LogP contribution in [0.2, 0.25) is 0 Å². The van der Waals surface area contributed by atoms with Crippen LogP contribution in [0.5, 0.6) is 0 Å². The van der Waals surface area contributed by atoms with Crippen LogP contribution in [0.15, 0.2) is 0 Å². The maximum Gasteiger partial charge on any atom is 0.236 e. The van der Waals surface area contributed by atoms with Crippen LogP contribution in [-0.2, 0) is 4.79 Å². The highest BCUT2D eigenvalue weighted by atomic mass is 16.2. The molecule has 0 aromatic rings. The fraction of sp³-hybridized carbons (Fsp3) is 0.909. The maximum atomic E-state index is 11.7. The summed E-state index contributed by atoms with van der Waals surface area (Å²) in [5.41, 5.74) is 0. The lowest BCUT2D eigenvalue weighted by Crippen LogP contribution is -2.41. The Bertz CT molecular complexity index is 188. The zero-order chi connectivity index (χ0) is 10.6. The summed E-state index contributed by atoms with van der Waals surface area (Å²) in [6.45, 7) is 8.47. The molecule has 0 aromatic heterocycles. The number of likely N-dealkylation sites (N-methyl/N-ethyl adjacent to an activating group) is 1. The Morgan fingerprint density at radius 3 is 2.57 bits per heavy atom. The first-order valence-corrected chi connectivity index (χ1v) is 5.64. The van der Waals surface area contributed by atoms with Gasteiger partial charge in [-0.25, -0.2) is 0 Å². The van der Waals surface area contributed by atoms with Crippen LogP contribution in [0.25, 0.3) is 0 Å². The highest BCUT2D eigenvalue weighted by molar-refractivity contribution is 5.78. The lowest BCUT2D eigenvalue weighted by atomic mass is 10.3. The molecule has 1 aliphatic rings. The van der Waals surface area contributed by atoms with Gasteiger partial charge < -0.3 is 10.2 Å². The molecule has 1 rings (SSSR count). The molecule has 1 fully saturated rings. The number of nitrogens with one attached hydrogen (secondary N) is 1. The second-order valence-corrected chi connectivity index (χ2v) is 4.41. The summed E-state index contributed by atoms with van der Waals surface area (Å²) in [6, 6.07) is 0.388. The summed E-state index contributed by atoms with van der Waals surface area (Å²) in [7, 11) is 0. The average Bonchev–Trinajstić information content (AvgIpc) is 2.93. The smallest absolute Gasteiger partial charge is 0.236 e. The number of hydrogen-bond acceptors (Lipinski definition) is 2. The van der Waals surface area contributed by atoms with Crippen molar-refractivity contribution in [3.8, 4) is 0 Å². The minimum absolute atomic E-state index is 0.244. The van der Waals surface area contributed by atoms with Crippen LogP contribution in [0, 0.1) is 5.92 Å². The van der Waals surface area contributed by atoms with E-state index in [1.807, 2.05) is 4.90 Å². The highest BCUT2D eigenvalue weighted by Crippen LogP contribution is 2.29. The van der Waals surface area contributed by atoms with Gasteiger partial charge in [0.1, 0.15) is 0 Å². The zero-order valence-electron chi connectivity index (χ0n) is 9.55. The van der Waals surface area contributed by atoms with E-state index < -0.39 is 0 Å². The molecule has 0 aliphatic heterocycles. The molecule has 3 heteroatoms. The highest BCUT2D eigenvalue weighted by Gasteiger charge is 2.25. The van der Waals surface area contributed by atoms with Crippen molar-refractivity contribution in [3.05, 3.63) is 0 Å². The molecule has 0 radical (unpaired) electrons. The first-order valence-electron chi connectivity index (χ1n) is 5.64. The molecule has 0 spiro atoms. The molecule has 0 bridgehead atoms. The van der Waals surface area contributed by atoms with Crippen LogP contribution >= 0.6 is 0 Å². The second kappa shape index (κ2) is 5.35. The minimum Gasteiger partial charge on any atom is -0.342 e. The van der Waals surface area contributed by atoms with Gasteiger partial charge in [-0.05, 0) is 25.7 Å². The van der Waals surface area contributed by atoms with Crippen molar-refractivity contribution in [2.75, 3.05) is 19.6 Å². The summed E-state index contributed by atoms with van der Waals surface area (Å²) < 4.78 is 0. The van der Waals surface area contributed by atoms with Gasteiger partial charge in [-0.15, -0.1) is 0 Å². The third-order valence-corrected chi connectivity index (χ3v) is 2.57. The van der Waals surface area contributed by atoms with E-state index in [4.69, 9.17) is 0 Å². The predicted octanol–water partition coefficient (Wildman–Crippen LogP) is 1.24. The van der Waals surface area contributed by atoms with Gasteiger partial charge in [0, 0.05) is 19.1 Å². The third-order valence-electron chi connectivity index (χ3n) is 2.57. The molecule has 1 N–H and O–H groups in total. The van der Waals surface area contributed by atoms with Crippen molar-refractivity contribution in [2.45, 2.75) is 39.7 Å². The first kappa shape index (κ1) is 11.5. The van der Waals surface area contributed by atoms with Crippen molar-refractivity contribution in [1.29, 1.82) is 0 Å². The molecule has 0 unspecified atom stereocenters. The SMILES string of the molecule is CCN(CC1CC1)C(=O)CNC(C)C. The van der Waals surface area contributed by atoms with E-state index in [9.17, 15) is 4.79 Å². The van der Waals surface area contributed by atoms with Gasteiger partial charge in [-0.2, -0.15) is 0 Å². The lowest BCUT2D eigenvalue weighted by Gasteiger charge is -2.21. The largest absolute Gasteiger partial charge is 0.342 e. The number of hydrogen-bond donors (Lipinski definition) is 1. The monoisotopic (exact) mass is 198 g/mol. The fourth-order valence-corrected chi connectivity index (χ4v) is 1.42. The second-order valence-electron chi connectivity index (χ2n) is 4.41. The molecule has 0 atom stereocenters. The molecule has 82 valence electrons. The zero-order valence-corrected chi connectivity index (χ0v) is 9.55. The molecular formula is C11H22N2O. The molecule has 0 saturated heterocycles. The number of carbonyl (C=O) groups excluding carboxylic acids is 1. The van der Waals surface area contributed by atoms with Gasteiger partial charge in [0.2, 0.25) is 5.91 Å². The standard InChI is InChI=1S/C11H22N2O/c1-4-13(8-10-5-6-10)11(14)7-12-9(2)3/h9-10,12H,4-8H2,1-3H3. The van der Waals surface area contributed by atoms with Gasteiger partial charge in [-0.3, -0.25) is 4.79 Å². The summed E-state index contributed by atoms with van der Waals surface area (Å²) >= 11 is 0. The van der Waals surface area contributed by atoms with Gasteiger partial charge >= 0.3 is 0 Å². The topological polar surface area (TPSA) is 32.3 Å². The van der Waals surface area contributed by atoms with Crippen LogP contribution < -0.4 is 5.32 Å². The predicted molar refractivity (Wildman–Crippen MR) is 58.1 cm³/mol. The number of amides is 1. The minimum atomic E-state index is 0.244. The van der Waals surface area contributed by atoms with Gasteiger partial charge in [-0.1, -0.05) is 13.8 Å². The Balaban J connectivity index is 2.23. The number of rotatable bonds is 6. The van der Waals surface area contributed by atoms with E-state index in [0.717, 1.165) is 19.0 Å². The van der Waals surface area contributed by atoms with Crippen LogP contribution in [-0.4, -0.2) is 36.5 Å². The van der Waals surface area contributed by atoms with Crippen LogP contribution in [0.1, 0.15) is 33.6 Å². The normalized spacial score (nSPS) is 16.0. The van der Waals surface area contributed by atoms with Crippen LogP contribution in [0.3, 0.4) is 0 Å². The Morgan fingerprint density at radius 1 is 1.50 bits per heavy atom. The Labute approximate surface area is 86.9 Å². The maximum absolute atomic E-state index is 11.7. The van der Waals surface area contributed by atoms with Gasteiger partial charge in [0.15, 0.2) is 0 Å². The van der Waals surface area contributed by atoms with E-state index in [1.165, 1.54) is 12.8 Å². The molecule has 1 aliphatic carbocycles. The Hall–Kier alpha value is -0.570. The lowest BCUT2D eigenvalue weighted by molar-refractivity contribution is -0.130. The summed E-state index contributed by atoms with van der Waals surface area (Å²) in [5.74, 6) is 1.03. The third kappa shape index (κ3) is 4.09. The molecule has 1 amide bonds. The summed E-state index contributed by atoms with van der Waals surface area (Å²) in [4.78, 5) is 13.7. The average molecular weight is 198 g/mol. The van der Waals surface area contributed by atoms with E-state index >= 15 is 0 Å². The molecule has 0 heterocycles. The van der Waals surface area contributed by atoms with Crippen molar-refractivity contribution < 1.29 is 4.79 Å². The van der Waals surface area contributed by atoms with E-state index in [0.29, 0.717) is 12.6 Å². The van der Waals surface area contributed by atoms with Crippen molar-refractivity contribution >= 4 is 5.91 Å². The summed E-state index contributed by atoms with van der Waals surface area (Å²) in [5, 5.41) is 3.16.